The molecular weight excluding hydrogens is 957 g/mol. The number of hydrogen-bond donors (Lipinski definition) is 8. The third kappa shape index (κ3) is 11.0. The molecule has 5 aromatic rings. The second kappa shape index (κ2) is 19.4. The monoisotopic (exact) mass is 986 g/mol. The number of hydrazone groups is 1. The molecule has 5 aromatic carbocycles. The van der Waals surface area contributed by atoms with Crippen LogP contribution in [0, 0.1) is 0 Å². The molecule has 8 N–H and O–H groups in total. The molecule has 67 heavy (non-hydrogen) atoms. The van der Waals surface area contributed by atoms with Gasteiger partial charge in [0.15, 0.2) is 11.5 Å². The minimum Gasteiger partial charge on any atom is -0.505 e. The Kier molecular flexibility index (Phi) is 14.1. The minimum absolute atomic E-state index is 0.0898. The molecule has 0 spiro atoms. The molecule has 27 nitrogen and oxygen atoms in total. The number of rotatable bonds is 18. The number of carboxylic acid groups (broad SMARTS) is 2. The molecule has 0 radical (unpaired) electrons. The van der Waals surface area contributed by atoms with Crippen LogP contribution in [0.2, 0.25) is 0 Å². The zero-order valence-electron chi connectivity index (χ0n) is 33.3. The number of ether oxygens (including phenoxy) is 2. The maximum atomic E-state index is 13.2. The number of aromatic hydroxyl groups is 1. The van der Waals surface area contributed by atoms with E-state index in [9.17, 15) is 78.8 Å². The second-order valence-electron chi connectivity index (χ2n) is 13.3. The van der Waals surface area contributed by atoms with Crippen molar-refractivity contribution in [3.05, 3.63) is 84.4 Å². The number of aliphatic hydroxyl groups excluding tert-OH is 2. The maximum Gasteiger partial charge on any atom is 0.355 e. The van der Waals surface area contributed by atoms with E-state index >= 15 is 0 Å². The highest BCUT2D eigenvalue weighted by Gasteiger charge is 2.41. The highest BCUT2D eigenvalue weighted by Crippen LogP contribution is 2.45. The lowest BCUT2D eigenvalue weighted by atomic mass is 10.1. The van der Waals surface area contributed by atoms with Crippen LogP contribution in [0.5, 0.6) is 17.2 Å². The maximum absolute atomic E-state index is 13.2. The average molecular weight is 987 g/mol. The van der Waals surface area contributed by atoms with Gasteiger partial charge in [-0.2, -0.15) is 45.6 Å². The molecule has 0 aliphatic carbocycles. The summed E-state index contributed by atoms with van der Waals surface area (Å²) in [5.41, 5.74) is -3.45. The highest BCUT2D eigenvalue weighted by molar-refractivity contribution is 7.86. The van der Waals surface area contributed by atoms with Crippen molar-refractivity contribution in [2.24, 2.45) is 35.8 Å². The number of carbonyl (C=O) groups excluding carboxylic acids is 1. The average Bonchev–Trinajstić information content (AvgIpc) is 3.60. The first-order valence-corrected chi connectivity index (χ1v) is 22.6. The van der Waals surface area contributed by atoms with Crippen molar-refractivity contribution in [2.45, 2.75) is 20.7 Å². The second-order valence-corrected chi connectivity index (χ2v) is 17.5. The number of phenolic OH excluding ortho intramolecular Hbond substituents is 1. The number of aliphatic carboxylic acids is 1. The van der Waals surface area contributed by atoms with Gasteiger partial charge in [0.25, 0.3) is 36.3 Å². The van der Waals surface area contributed by atoms with E-state index in [0.717, 1.165) is 60.7 Å². The van der Waals surface area contributed by atoms with Crippen molar-refractivity contribution >= 4 is 98.8 Å². The first-order valence-electron chi connectivity index (χ1n) is 18.3. The van der Waals surface area contributed by atoms with Crippen molar-refractivity contribution < 1.29 is 88.3 Å². The molecule has 1 atom stereocenters. The van der Waals surface area contributed by atoms with Crippen molar-refractivity contribution in [3.8, 4) is 17.2 Å². The predicted molar refractivity (Wildman–Crippen MR) is 226 cm³/mol. The van der Waals surface area contributed by atoms with Gasteiger partial charge in [0.2, 0.25) is 6.04 Å². The third-order valence-electron chi connectivity index (χ3n) is 8.87. The van der Waals surface area contributed by atoms with E-state index in [-0.39, 0.29) is 51.6 Å². The Morgan fingerprint density at radius 2 is 1.22 bits per heavy atom. The summed E-state index contributed by atoms with van der Waals surface area (Å²) in [4.78, 5) is 34.8. The normalized spacial score (nSPS) is 14.7. The molecule has 6 rings (SSSR count). The largest absolute Gasteiger partial charge is 0.505 e. The lowest BCUT2D eigenvalue weighted by Gasteiger charge is -2.13. The van der Waals surface area contributed by atoms with Gasteiger partial charge in [-0.3, -0.25) is 18.5 Å². The molecule has 0 aromatic heterocycles. The van der Waals surface area contributed by atoms with E-state index in [1.807, 2.05) is 0 Å². The molecule has 1 aliphatic rings. The molecule has 0 saturated heterocycles. The number of hydrogen-bond acceptors (Lipinski definition) is 21. The molecule has 1 aliphatic heterocycles. The van der Waals surface area contributed by atoms with Gasteiger partial charge in [-0.1, -0.05) is 0 Å². The number of phenols is 1. The first kappa shape index (κ1) is 48.7. The van der Waals surface area contributed by atoms with Gasteiger partial charge >= 0.3 is 11.9 Å². The van der Waals surface area contributed by atoms with Crippen LogP contribution in [-0.2, 0) is 39.9 Å². The molecule has 0 bridgehead atoms. The quantitative estimate of drug-likeness (QED) is 0.0442. The van der Waals surface area contributed by atoms with Crippen LogP contribution < -0.4 is 14.5 Å². The van der Waals surface area contributed by atoms with Crippen LogP contribution >= 0.6 is 0 Å². The summed E-state index contributed by atoms with van der Waals surface area (Å²) in [7, 11) is -14.6. The molecule has 1 amide bonds. The van der Waals surface area contributed by atoms with Crippen LogP contribution in [0.4, 0.5) is 34.1 Å². The zero-order chi connectivity index (χ0) is 49.0. The molecule has 1 unspecified atom stereocenters. The lowest BCUT2D eigenvalue weighted by Crippen LogP contribution is -2.33. The summed E-state index contributed by atoms with van der Waals surface area (Å²) < 4.78 is 111. The number of carboxylic acids is 2. The first-order chi connectivity index (χ1) is 31.5. The van der Waals surface area contributed by atoms with Gasteiger partial charge in [0.05, 0.1) is 39.9 Å². The van der Waals surface area contributed by atoms with Gasteiger partial charge in [0, 0.05) is 17.5 Å². The van der Waals surface area contributed by atoms with E-state index in [1.165, 1.54) is 12.1 Å². The fourth-order valence-corrected chi connectivity index (χ4v) is 7.50. The number of anilines is 1. The summed E-state index contributed by atoms with van der Waals surface area (Å²) in [6.07, 6.45) is 0. The van der Waals surface area contributed by atoms with Gasteiger partial charge in [-0.15, -0.1) is 20.5 Å². The third-order valence-corrected chi connectivity index (χ3v) is 11.5. The zero-order valence-corrected chi connectivity index (χ0v) is 35.7. The molecular formula is C37H30N8O19S3. The smallest absolute Gasteiger partial charge is 0.355 e. The number of carbonyl (C=O) groups is 3. The van der Waals surface area contributed by atoms with Gasteiger partial charge in [-0.05, 0) is 72.1 Å². The Morgan fingerprint density at radius 1 is 0.657 bits per heavy atom. The van der Waals surface area contributed by atoms with E-state index in [2.05, 4.69) is 35.8 Å². The van der Waals surface area contributed by atoms with E-state index in [4.69, 9.17) is 9.47 Å². The predicted octanol–water partition coefficient (Wildman–Crippen LogP) is 4.50. The van der Waals surface area contributed by atoms with Gasteiger partial charge in [-0.25, -0.2) is 9.59 Å². The van der Waals surface area contributed by atoms with Crippen LogP contribution in [0.25, 0.3) is 10.8 Å². The Bertz CT molecular complexity index is 3310. The van der Waals surface area contributed by atoms with Crippen LogP contribution in [0.1, 0.15) is 10.4 Å². The van der Waals surface area contributed by atoms with Crippen molar-refractivity contribution in [2.75, 3.05) is 31.4 Å². The fraction of sp³-hybridized carbons (Fsp3) is 0.135. The Labute approximate surface area is 375 Å². The Balaban J connectivity index is 1.36. The van der Waals surface area contributed by atoms with E-state index in [0.29, 0.717) is 11.1 Å². The number of benzene rings is 5. The van der Waals surface area contributed by atoms with E-state index < -0.39 is 117 Å². The Morgan fingerprint density at radius 3 is 1.76 bits per heavy atom. The number of nitrogens with zero attached hydrogens (tertiary/aromatic N) is 8. The molecule has 30 heteroatoms. The Hall–Kier alpha value is -7.71. The van der Waals surface area contributed by atoms with Crippen LogP contribution in [-0.4, -0.2) is 120 Å². The summed E-state index contributed by atoms with van der Waals surface area (Å²) in [6, 6.07) is 11.2. The summed E-state index contributed by atoms with van der Waals surface area (Å²) >= 11 is 0. The molecule has 350 valence electrons. The molecule has 1 heterocycles. The number of amides is 1. The van der Waals surface area contributed by atoms with Crippen molar-refractivity contribution in [1.29, 1.82) is 0 Å². The number of aliphatic hydroxyl groups is 2. The van der Waals surface area contributed by atoms with E-state index in [1.54, 1.807) is 0 Å². The standard InChI is InChI=1S/C37H30N8O19S3/c46-9-11-63-28-17-27(29(64-12-10-47)16-26(28)40-39-25-8-6-22(66(57,58)59)15-24(25)36(50)51)41-42-31-30(67(60,61)62)14-18-13-19(1-7-23(18)34(31)48)38-43-32-33(37(52)53)44-45(35(32)49)20-2-4-21(5-3-20)65(54,55)56/h1-8,13-17,32,46-48H,9-12H2,(H,50,51)(H,52,53)(H,54,55,56)(H,57,58,59)(H,60,61,62)/b40-39+,42-41+,43-38+. The SMILES string of the molecule is O=C(O)C1=NN(c2ccc(S(=O)(=O)O)cc2)C(=O)C1/N=N/c1ccc2c(O)c(/N=N/c3cc(OCCO)c(/N=N/c4ccc(S(=O)(=O)O)cc4C(=O)O)cc3OCCO)c(S(=O)(=O)O)cc2c1. The molecule has 0 fully saturated rings. The number of fused-ring (bicyclic) bond motifs is 1. The van der Waals surface area contributed by atoms with Gasteiger partial charge in [0.1, 0.15) is 52.4 Å². The van der Waals surface area contributed by atoms with Crippen LogP contribution in [0.15, 0.2) is 129 Å². The topological polar surface area (TPSA) is 424 Å². The van der Waals surface area contributed by atoms with Crippen molar-refractivity contribution in [1.82, 2.24) is 0 Å². The minimum atomic E-state index is -5.24. The lowest BCUT2D eigenvalue weighted by molar-refractivity contribution is -0.130. The van der Waals surface area contributed by atoms with Gasteiger partial charge < -0.3 is 35.0 Å². The summed E-state index contributed by atoms with van der Waals surface area (Å²) in [6.45, 7) is -1.87. The molecule has 0 saturated carbocycles. The van der Waals surface area contributed by atoms with Crippen LogP contribution in [0.3, 0.4) is 0 Å². The number of azo groups is 3. The fourth-order valence-electron chi connectivity index (χ4n) is 5.85. The summed E-state index contributed by atoms with van der Waals surface area (Å²) in [5, 5.41) is 77.1. The highest BCUT2D eigenvalue weighted by atomic mass is 32.2. The summed E-state index contributed by atoms with van der Waals surface area (Å²) in [5.74, 6) is -5.70. The van der Waals surface area contributed by atoms with Crippen molar-refractivity contribution in [3.63, 3.8) is 0 Å². The number of aromatic carboxylic acids is 1.